The van der Waals surface area contributed by atoms with Gasteiger partial charge >= 0.3 is 0 Å². The van der Waals surface area contributed by atoms with E-state index in [2.05, 4.69) is 0 Å². The molecule has 0 radical (unpaired) electrons. The first-order chi connectivity index (χ1) is 11.6. The topological polar surface area (TPSA) is 78.1 Å². The Labute approximate surface area is 137 Å². The van der Waals surface area contributed by atoms with Gasteiger partial charge in [-0.3, -0.25) is 4.79 Å². The molecule has 24 heavy (non-hydrogen) atoms. The van der Waals surface area contributed by atoms with Crippen LogP contribution in [0.25, 0.3) is 22.3 Å². The molecule has 6 heteroatoms. The van der Waals surface area contributed by atoms with Crippen molar-refractivity contribution in [3.63, 3.8) is 0 Å². The summed E-state index contributed by atoms with van der Waals surface area (Å²) in [7, 11) is 4.50. The Morgan fingerprint density at radius 3 is 2.25 bits per heavy atom. The first kappa shape index (κ1) is 15.7. The Morgan fingerprint density at radius 2 is 1.58 bits per heavy atom. The van der Waals surface area contributed by atoms with E-state index in [0.717, 1.165) is 0 Å². The fourth-order valence-corrected chi connectivity index (χ4v) is 2.53. The Balaban J connectivity index is 2.23. The van der Waals surface area contributed by atoms with Gasteiger partial charge in [0.2, 0.25) is 0 Å². The molecule has 6 nitrogen and oxygen atoms in total. The van der Waals surface area contributed by atoms with Crippen molar-refractivity contribution in [1.29, 1.82) is 0 Å². The molecule has 3 aromatic rings. The molecule has 0 amide bonds. The highest BCUT2D eigenvalue weighted by atomic mass is 16.5. The van der Waals surface area contributed by atoms with Crippen molar-refractivity contribution in [2.75, 3.05) is 21.3 Å². The van der Waals surface area contributed by atoms with Crippen LogP contribution in [0.5, 0.6) is 23.0 Å². The van der Waals surface area contributed by atoms with Crippen molar-refractivity contribution in [2.45, 2.75) is 0 Å². The Kier molecular flexibility index (Phi) is 4.04. The molecule has 0 aliphatic carbocycles. The molecule has 0 unspecified atom stereocenters. The van der Waals surface area contributed by atoms with Crippen LogP contribution < -0.4 is 19.6 Å². The highest BCUT2D eigenvalue weighted by Gasteiger charge is 2.14. The van der Waals surface area contributed by atoms with Crippen molar-refractivity contribution in [1.82, 2.24) is 0 Å². The number of benzene rings is 2. The molecule has 1 N–H and O–H groups in total. The second-order valence-corrected chi connectivity index (χ2v) is 5.07. The zero-order valence-electron chi connectivity index (χ0n) is 13.5. The fraction of sp³-hybridized carbons (Fsp3) is 0.167. The van der Waals surface area contributed by atoms with Gasteiger partial charge in [-0.1, -0.05) is 0 Å². The minimum Gasteiger partial charge on any atom is -0.508 e. The molecular formula is C18H16O6. The summed E-state index contributed by atoms with van der Waals surface area (Å²) in [5, 5.41) is 10.0. The number of phenolic OH excluding ortho intramolecular Hbond substituents is 1. The molecule has 1 heterocycles. The molecule has 3 rings (SSSR count). The van der Waals surface area contributed by atoms with Crippen molar-refractivity contribution in [3.05, 3.63) is 46.6 Å². The van der Waals surface area contributed by atoms with Crippen molar-refractivity contribution in [3.8, 4) is 34.3 Å². The van der Waals surface area contributed by atoms with Gasteiger partial charge in [-0.15, -0.1) is 0 Å². The number of hydrogen-bond donors (Lipinski definition) is 1. The summed E-state index contributed by atoms with van der Waals surface area (Å²) in [5.74, 6) is 1.65. The molecule has 0 aliphatic heterocycles. The van der Waals surface area contributed by atoms with Gasteiger partial charge in [0.1, 0.15) is 28.2 Å². The Bertz CT molecular complexity index is 958. The van der Waals surface area contributed by atoms with E-state index < -0.39 is 0 Å². The van der Waals surface area contributed by atoms with Gasteiger partial charge in [0.25, 0.3) is 0 Å². The van der Waals surface area contributed by atoms with E-state index in [-0.39, 0.29) is 27.9 Å². The monoisotopic (exact) mass is 328 g/mol. The molecule has 0 saturated carbocycles. The maximum atomic E-state index is 12.5. The summed E-state index contributed by atoms with van der Waals surface area (Å²) in [5.41, 5.74) is 0.621. The lowest BCUT2D eigenvalue weighted by Gasteiger charge is -2.10. The predicted molar refractivity (Wildman–Crippen MR) is 89.2 cm³/mol. The second kappa shape index (κ2) is 6.16. The molecular weight excluding hydrogens is 312 g/mol. The minimum absolute atomic E-state index is 0.0491. The number of phenols is 1. The fourth-order valence-electron chi connectivity index (χ4n) is 2.53. The number of fused-ring (bicyclic) bond motifs is 1. The van der Waals surface area contributed by atoms with Gasteiger partial charge in [0.05, 0.1) is 21.3 Å². The van der Waals surface area contributed by atoms with Gasteiger partial charge in [-0.05, 0) is 18.2 Å². The van der Waals surface area contributed by atoms with Crippen molar-refractivity contribution < 1.29 is 23.7 Å². The number of ether oxygens (including phenoxy) is 3. The minimum atomic E-state index is -0.266. The third-order valence-corrected chi connectivity index (χ3v) is 3.67. The lowest BCUT2D eigenvalue weighted by Crippen LogP contribution is -2.03. The van der Waals surface area contributed by atoms with Gasteiger partial charge in [0.15, 0.2) is 16.9 Å². The zero-order valence-corrected chi connectivity index (χ0v) is 13.5. The highest BCUT2D eigenvalue weighted by Crippen LogP contribution is 2.34. The SMILES string of the molecule is COc1ccc(-c2cc(=O)c3c(OC)cc(O)cc3o2)cc1OC. The van der Waals surface area contributed by atoms with Gasteiger partial charge in [-0.25, -0.2) is 0 Å². The molecule has 124 valence electrons. The second-order valence-electron chi connectivity index (χ2n) is 5.07. The van der Waals surface area contributed by atoms with E-state index in [4.69, 9.17) is 18.6 Å². The zero-order chi connectivity index (χ0) is 17.3. The lowest BCUT2D eigenvalue weighted by molar-refractivity contribution is 0.355. The van der Waals surface area contributed by atoms with E-state index in [0.29, 0.717) is 22.8 Å². The van der Waals surface area contributed by atoms with E-state index in [1.807, 2.05) is 0 Å². The highest BCUT2D eigenvalue weighted by molar-refractivity contribution is 5.86. The predicted octanol–water partition coefficient (Wildman–Crippen LogP) is 3.19. The first-order valence-electron chi connectivity index (χ1n) is 7.14. The molecule has 0 bridgehead atoms. The average molecular weight is 328 g/mol. The molecule has 0 aliphatic rings. The molecule has 0 atom stereocenters. The summed E-state index contributed by atoms with van der Waals surface area (Å²) in [6, 6.07) is 9.32. The number of aromatic hydroxyl groups is 1. The van der Waals surface area contributed by atoms with E-state index in [1.54, 1.807) is 25.3 Å². The summed E-state index contributed by atoms with van der Waals surface area (Å²) in [4.78, 5) is 12.5. The van der Waals surface area contributed by atoms with Crippen LogP contribution in [-0.2, 0) is 0 Å². The van der Waals surface area contributed by atoms with E-state index in [9.17, 15) is 9.90 Å². The molecule has 0 spiro atoms. The summed E-state index contributed by atoms with van der Waals surface area (Å²) in [6.07, 6.45) is 0. The van der Waals surface area contributed by atoms with Crippen LogP contribution >= 0.6 is 0 Å². The van der Waals surface area contributed by atoms with Crippen LogP contribution in [0.1, 0.15) is 0 Å². The Morgan fingerprint density at radius 1 is 0.875 bits per heavy atom. The van der Waals surface area contributed by atoms with E-state index >= 15 is 0 Å². The normalized spacial score (nSPS) is 10.6. The maximum Gasteiger partial charge on any atom is 0.197 e. The van der Waals surface area contributed by atoms with Gasteiger partial charge in [0, 0.05) is 23.8 Å². The van der Waals surface area contributed by atoms with Gasteiger partial charge in [-0.2, -0.15) is 0 Å². The number of rotatable bonds is 4. The summed E-state index contributed by atoms with van der Waals surface area (Å²) in [6.45, 7) is 0. The standard InChI is InChI=1S/C18H16O6/c1-21-13-5-4-10(6-15(13)22-2)14-9-12(20)18-16(23-3)7-11(19)8-17(18)24-14/h4-9,19H,1-3H3. The molecule has 2 aromatic carbocycles. The van der Waals surface area contributed by atoms with Crippen LogP contribution in [-0.4, -0.2) is 26.4 Å². The van der Waals surface area contributed by atoms with Crippen LogP contribution in [0.4, 0.5) is 0 Å². The van der Waals surface area contributed by atoms with Crippen LogP contribution in [0, 0.1) is 0 Å². The number of methoxy groups -OCH3 is 3. The lowest BCUT2D eigenvalue weighted by atomic mass is 10.1. The maximum absolute atomic E-state index is 12.5. The van der Waals surface area contributed by atoms with Crippen LogP contribution in [0.3, 0.4) is 0 Å². The van der Waals surface area contributed by atoms with E-state index in [1.165, 1.54) is 32.4 Å². The third-order valence-electron chi connectivity index (χ3n) is 3.67. The third kappa shape index (κ3) is 2.62. The molecule has 0 saturated heterocycles. The molecule has 1 aromatic heterocycles. The summed E-state index contributed by atoms with van der Waals surface area (Å²) < 4.78 is 21.4. The first-order valence-corrected chi connectivity index (χ1v) is 7.14. The Hall–Kier alpha value is -3.15. The van der Waals surface area contributed by atoms with Crippen molar-refractivity contribution in [2.24, 2.45) is 0 Å². The average Bonchev–Trinajstić information content (AvgIpc) is 2.59. The van der Waals surface area contributed by atoms with Gasteiger partial charge < -0.3 is 23.7 Å². The largest absolute Gasteiger partial charge is 0.508 e. The van der Waals surface area contributed by atoms with Crippen molar-refractivity contribution >= 4 is 11.0 Å². The quantitative estimate of drug-likeness (QED) is 0.792. The van der Waals surface area contributed by atoms with Crippen LogP contribution in [0.2, 0.25) is 0 Å². The number of hydrogen-bond acceptors (Lipinski definition) is 6. The van der Waals surface area contributed by atoms with Crippen LogP contribution in [0.15, 0.2) is 45.6 Å². The summed E-state index contributed by atoms with van der Waals surface area (Å²) >= 11 is 0. The molecule has 0 fully saturated rings. The smallest absolute Gasteiger partial charge is 0.197 e.